The van der Waals surface area contributed by atoms with Crippen molar-refractivity contribution in [1.82, 2.24) is 5.32 Å². The molecule has 128 valence electrons. The van der Waals surface area contributed by atoms with E-state index in [0.717, 1.165) is 17.8 Å². The molecule has 2 aromatic carbocycles. The molecule has 3 nitrogen and oxygen atoms in total. The molecule has 24 heavy (non-hydrogen) atoms. The lowest BCUT2D eigenvalue weighted by Gasteiger charge is -2.16. The van der Waals surface area contributed by atoms with Crippen molar-refractivity contribution in [2.45, 2.75) is 46.6 Å². The minimum Gasteiger partial charge on any atom is -0.326 e. The van der Waals surface area contributed by atoms with E-state index in [9.17, 15) is 4.79 Å². The lowest BCUT2D eigenvalue weighted by Crippen LogP contribution is -2.22. The highest BCUT2D eigenvalue weighted by atomic mass is 16.1. The SMILES string of the molecule is Cc1ccccc1CNCCC(=O)Nc1c(C)cccc1C(C)C. The van der Waals surface area contributed by atoms with E-state index in [1.54, 1.807) is 0 Å². The van der Waals surface area contributed by atoms with Gasteiger partial charge in [0.1, 0.15) is 0 Å². The van der Waals surface area contributed by atoms with Crippen LogP contribution in [0.2, 0.25) is 0 Å². The van der Waals surface area contributed by atoms with E-state index in [-0.39, 0.29) is 5.91 Å². The molecule has 0 unspecified atom stereocenters. The standard InChI is InChI=1S/C21H28N2O/c1-15(2)19-11-7-9-17(4)21(19)23-20(24)12-13-22-14-18-10-6-5-8-16(18)3/h5-11,15,22H,12-14H2,1-4H3,(H,23,24). The summed E-state index contributed by atoms with van der Waals surface area (Å²) in [6.45, 7) is 9.90. The Balaban J connectivity index is 1.85. The molecule has 0 heterocycles. The summed E-state index contributed by atoms with van der Waals surface area (Å²) >= 11 is 0. The largest absolute Gasteiger partial charge is 0.326 e. The molecule has 0 spiro atoms. The summed E-state index contributed by atoms with van der Waals surface area (Å²) < 4.78 is 0. The van der Waals surface area contributed by atoms with E-state index < -0.39 is 0 Å². The Bertz CT molecular complexity index is 692. The van der Waals surface area contributed by atoms with Crippen LogP contribution in [-0.2, 0) is 11.3 Å². The maximum atomic E-state index is 12.3. The minimum atomic E-state index is 0.0588. The second kappa shape index (κ2) is 8.65. The van der Waals surface area contributed by atoms with Crippen LogP contribution in [0.25, 0.3) is 0 Å². The molecule has 0 aromatic heterocycles. The fraction of sp³-hybridized carbons (Fsp3) is 0.381. The molecule has 2 N–H and O–H groups in total. The average Bonchev–Trinajstić information content (AvgIpc) is 2.54. The van der Waals surface area contributed by atoms with Crippen molar-refractivity contribution in [2.24, 2.45) is 0 Å². The second-order valence-electron chi connectivity index (χ2n) is 6.60. The summed E-state index contributed by atoms with van der Waals surface area (Å²) in [6.07, 6.45) is 0.470. The van der Waals surface area contributed by atoms with Crippen LogP contribution in [0.5, 0.6) is 0 Å². The Kier molecular flexibility index (Phi) is 6.56. The number of hydrogen-bond donors (Lipinski definition) is 2. The van der Waals surface area contributed by atoms with Gasteiger partial charge in [-0.1, -0.05) is 56.3 Å². The third kappa shape index (κ3) is 4.93. The van der Waals surface area contributed by atoms with Crippen LogP contribution in [0.4, 0.5) is 5.69 Å². The van der Waals surface area contributed by atoms with Crippen molar-refractivity contribution in [3.63, 3.8) is 0 Å². The van der Waals surface area contributed by atoms with Gasteiger partial charge in [0, 0.05) is 25.2 Å². The summed E-state index contributed by atoms with van der Waals surface area (Å²) in [7, 11) is 0. The predicted octanol–water partition coefficient (Wildman–Crippen LogP) is 4.55. The number of carbonyl (C=O) groups excluding carboxylic acids is 1. The van der Waals surface area contributed by atoms with Crippen LogP contribution < -0.4 is 10.6 Å². The van der Waals surface area contributed by atoms with Crippen LogP contribution in [0.15, 0.2) is 42.5 Å². The van der Waals surface area contributed by atoms with Gasteiger partial charge in [0.2, 0.25) is 5.91 Å². The highest BCUT2D eigenvalue weighted by Gasteiger charge is 2.11. The molecule has 0 aliphatic heterocycles. The zero-order valence-corrected chi connectivity index (χ0v) is 15.1. The monoisotopic (exact) mass is 324 g/mol. The Morgan fingerprint density at radius 2 is 1.71 bits per heavy atom. The summed E-state index contributed by atoms with van der Waals surface area (Å²) in [5.74, 6) is 0.447. The molecule has 0 radical (unpaired) electrons. The highest BCUT2D eigenvalue weighted by molar-refractivity contribution is 5.92. The third-order valence-electron chi connectivity index (χ3n) is 4.30. The van der Waals surface area contributed by atoms with Crippen molar-refractivity contribution in [3.05, 3.63) is 64.7 Å². The molecule has 1 amide bonds. The Morgan fingerprint density at radius 1 is 1.00 bits per heavy atom. The fourth-order valence-electron chi connectivity index (χ4n) is 2.78. The molecule has 2 aromatic rings. The zero-order chi connectivity index (χ0) is 17.5. The first kappa shape index (κ1) is 18.2. The number of aryl methyl sites for hydroxylation is 2. The summed E-state index contributed by atoms with van der Waals surface area (Å²) in [5.41, 5.74) is 5.82. The number of amides is 1. The van der Waals surface area contributed by atoms with Gasteiger partial charge in [0.25, 0.3) is 0 Å². The molecule has 0 saturated carbocycles. The maximum absolute atomic E-state index is 12.3. The van der Waals surface area contributed by atoms with Crippen molar-refractivity contribution < 1.29 is 4.79 Å². The van der Waals surface area contributed by atoms with Gasteiger partial charge in [-0.25, -0.2) is 0 Å². The second-order valence-corrected chi connectivity index (χ2v) is 6.60. The van der Waals surface area contributed by atoms with Gasteiger partial charge in [0.05, 0.1) is 0 Å². The average molecular weight is 324 g/mol. The summed E-state index contributed by atoms with van der Waals surface area (Å²) in [5, 5.41) is 6.44. The Hall–Kier alpha value is -2.13. The number of carbonyl (C=O) groups is 1. The number of benzene rings is 2. The zero-order valence-electron chi connectivity index (χ0n) is 15.1. The number of anilines is 1. The van der Waals surface area contributed by atoms with Crippen LogP contribution in [0, 0.1) is 13.8 Å². The lowest BCUT2D eigenvalue weighted by atomic mass is 9.98. The first-order chi connectivity index (χ1) is 11.5. The molecule has 2 rings (SSSR count). The lowest BCUT2D eigenvalue weighted by molar-refractivity contribution is -0.116. The first-order valence-corrected chi connectivity index (χ1v) is 8.63. The molecule has 0 saturated heterocycles. The smallest absolute Gasteiger partial charge is 0.225 e. The van der Waals surface area contributed by atoms with Crippen LogP contribution >= 0.6 is 0 Å². The normalized spacial score (nSPS) is 10.9. The van der Waals surface area contributed by atoms with Gasteiger partial charge in [-0.05, 0) is 42.0 Å². The van der Waals surface area contributed by atoms with Crippen molar-refractivity contribution in [1.29, 1.82) is 0 Å². The molecule has 0 atom stereocenters. The molecule has 0 bridgehead atoms. The van der Waals surface area contributed by atoms with Gasteiger partial charge in [0.15, 0.2) is 0 Å². The van der Waals surface area contributed by atoms with E-state index in [1.807, 2.05) is 31.2 Å². The fourth-order valence-corrected chi connectivity index (χ4v) is 2.78. The molecular formula is C21H28N2O. The number of hydrogen-bond acceptors (Lipinski definition) is 2. The summed E-state index contributed by atoms with van der Waals surface area (Å²) in [4.78, 5) is 12.3. The minimum absolute atomic E-state index is 0.0588. The Morgan fingerprint density at radius 3 is 2.42 bits per heavy atom. The topological polar surface area (TPSA) is 41.1 Å². The highest BCUT2D eigenvalue weighted by Crippen LogP contribution is 2.27. The predicted molar refractivity (Wildman–Crippen MR) is 101 cm³/mol. The number of rotatable bonds is 7. The van der Waals surface area contributed by atoms with Gasteiger partial charge < -0.3 is 10.6 Å². The van der Waals surface area contributed by atoms with Crippen molar-refractivity contribution >= 4 is 11.6 Å². The maximum Gasteiger partial charge on any atom is 0.225 e. The van der Waals surface area contributed by atoms with E-state index in [0.29, 0.717) is 18.9 Å². The molecule has 3 heteroatoms. The van der Waals surface area contributed by atoms with Gasteiger partial charge in [-0.15, -0.1) is 0 Å². The molecular weight excluding hydrogens is 296 g/mol. The Labute approximate surface area is 145 Å². The molecule has 0 aliphatic rings. The van der Waals surface area contributed by atoms with Gasteiger partial charge in [-0.3, -0.25) is 4.79 Å². The molecule has 0 aliphatic carbocycles. The molecule has 0 fully saturated rings. The van der Waals surface area contributed by atoms with E-state index in [2.05, 4.69) is 49.6 Å². The first-order valence-electron chi connectivity index (χ1n) is 8.63. The number of para-hydroxylation sites is 1. The van der Waals surface area contributed by atoms with Crippen molar-refractivity contribution in [2.75, 3.05) is 11.9 Å². The third-order valence-corrected chi connectivity index (χ3v) is 4.30. The quantitative estimate of drug-likeness (QED) is 0.734. The van der Waals surface area contributed by atoms with Crippen LogP contribution in [0.1, 0.15) is 48.4 Å². The van der Waals surface area contributed by atoms with Gasteiger partial charge in [-0.2, -0.15) is 0 Å². The van der Waals surface area contributed by atoms with E-state index in [4.69, 9.17) is 0 Å². The summed E-state index contributed by atoms with van der Waals surface area (Å²) in [6, 6.07) is 14.5. The van der Waals surface area contributed by atoms with E-state index >= 15 is 0 Å². The van der Waals surface area contributed by atoms with E-state index in [1.165, 1.54) is 16.7 Å². The van der Waals surface area contributed by atoms with Crippen LogP contribution in [0.3, 0.4) is 0 Å². The van der Waals surface area contributed by atoms with Gasteiger partial charge >= 0.3 is 0 Å². The number of nitrogens with one attached hydrogen (secondary N) is 2. The van der Waals surface area contributed by atoms with Crippen LogP contribution in [-0.4, -0.2) is 12.5 Å². The van der Waals surface area contributed by atoms with Crippen molar-refractivity contribution in [3.8, 4) is 0 Å².